The Bertz CT molecular complexity index is 367. The summed E-state index contributed by atoms with van der Waals surface area (Å²) in [6.45, 7) is 0. The van der Waals surface area contributed by atoms with Crippen LogP contribution in [0.25, 0.3) is 0 Å². The predicted octanol–water partition coefficient (Wildman–Crippen LogP) is 3.37. The van der Waals surface area contributed by atoms with Crippen molar-refractivity contribution < 1.29 is 4.39 Å². The smallest absolute Gasteiger partial charge is 0.125 e. The number of nitrogens with one attached hydrogen (secondary N) is 1. The Morgan fingerprint density at radius 1 is 1.00 bits per heavy atom. The lowest BCUT2D eigenvalue weighted by molar-refractivity contribution is 0.628. The van der Waals surface area contributed by atoms with Crippen molar-refractivity contribution in [2.75, 3.05) is 12.4 Å². The number of anilines is 1. The number of pyridine rings is 1. The van der Waals surface area contributed by atoms with Gasteiger partial charge in [-0.05, 0) is 24.3 Å². The number of hydrogen-bond donors (Lipinski definition) is 1. The highest BCUT2D eigenvalue weighted by atomic mass is 35.5. The van der Waals surface area contributed by atoms with Crippen LogP contribution in [0, 0.1) is 5.82 Å². The first-order chi connectivity index (χ1) is 7.33. The summed E-state index contributed by atoms with van der Waals surface area (Å²) in [5.74, 6) is 0.731. The third-order valence-electron chi connectivity index (χ3n) is 1.65. The SMILES string of the molecule is CNc1ccccn1.Cl.Fc1ccccc1. The molecular weight excluding hydrogens is 227 g/mol. The lowest BCUT2D eigenvalue weighted by Gasteiger charge is -1.92. The molecule has 0 radical (unpaired) electrons. The first-order valence-electron chi connectivity index (χ1n) is 4.62. The van der Waals surface area contributed by atoms with Crippen LogP contribution in [0.15, 0.2) is 54.7 Å². The van der Waals surface area contributed by atoms with Crippen LogP contribution in [0.3, 0.4) is 0 Å². The fraction of sp³-hybridized carbons (Fsp3) is 0.0833. The lowest BCUT2D eigenvalue weighted by atomic mass is 10.4. The normalized spacial score (nSPS) is 8.12. The number of benzene rings is 1. The van der Waals surface area contributed by atoms with E-state index in [4.69, 9.17) is 0 Å². The van der Waals surface area contributed by atoms with E-state index in [1.54, 1.807) is 24.4 Å². The van der Waals surface area contributed by atoms with Gasteiger partial charge in [-0.1, -0.05) is 24.3 Å². The van der Waals surface area contributed by atoms with E-state index in [1.807, 2.05) is 25.2 Å². The van der Waals surface area contributed by atoms with Crippen molar-refractivity contribution >= 4 is 18.2 Å². The summed E-state index contributed by atoms with van der Waals surface area (Å²) in [6, 6.07) is 13.7. The van der Waals surface area contributed by atoms with Crippen LogP contribution >= 0.6 is 12.4 Å². The molecule has 16 heavy (non-hydrogen) atoms. The molecular formula is C12H14ClFN2. The second-order valence-electron chi connectivity index (χ2n) is 2.76. The average molecular weight is 241 g/mol. The molecule has 0 atom stereocenters. The molecule has 0 spiro atoms. The van der Waals surface area contributed by atoms with Crippen molar-refractivity contribution in [3.8, 4) is 0 Å². The number of hydrogen-bond acceptors (Lipinski definition) is 2. The first kappa shape index (κ1) is 14.4. The second kappa shape index (κ2) is 8.68. The Morgan fingerprint density at radius 3 is 1.94 bits per heavy atom. The molecule has 1 N–H and O–H groups in total. The molecule has 0 saturated heterocycles. The van der Waals surface area contributed by atoms with Crippen molar-refractivity contribution in [1.82, 2.24) is 4.98 Å². The minimum Gasteiger partial charge on any atom is -0.373 e. The van der Waals surface area contributed by atoms with E-state index < -0.39 is 0 Å². The van der Waals surface area contributed by atoms with E-state index in [1.165, 1.54) is 12.1 Å². The second-order valence-corrected chi connectivity index (χ2v) is 2.76. The molecule has 1 heterocycles. The van der Waals surface area contributed by atoms with Crippen molar-refractivity contribution in [2.45, 2.75) is 0 Å². The van der Waals surface area contributed by atoms with Crippen LogP contribution in [0.1, 0.15) is 0 Å². The molecule has 0 saturated carbocycles. The maximum Gasteiger partial charge on any atom is 0.125 e. The van der Waals surface area contributed by atoms with Gasteiger partial charge in [0.25, 0.3) is 0 Å². The van der Waals surface area contributed by atoms with Gasteiger partial charge in [0.05, 0.1) is 0 Å². The molecule has 0 amide bonds. The van der Waals surface area contributed by atoms with Crippen molar-refractivity contribution in [3.63, 3.8) is 0 Å². The van der Waals surface area contributed by atoms with Crippen LogP contribution < -0.4 is 5.32 Å². The standard InChI is InChI=1S/C6H5F.C6H8N2.ClH/c7-6-4-2-1-3-5-6;1-7-6-4-2-3-5-8-6;/h1-5H;2-5H,1H3,(H,7,8);1H. The minimum atomic E-state index is -0.178. The first-order valence-corrected chi connectivity index (χ1v) is 4.62. The van der Waals surface area contributed by atoms with Crippen molar-refractivity contribution in [2.24, 2.45) is 0 Å². The Labute approximate surface area is 101 Å². The van der Waals surface area contributed by atoms with Gasteiger partial charge in [-0.2, -0.15) is 0 Å². The molecule has 0 bridgehead atoms. The largest absolute Gasteiger partial charge is 0.373 e. The summed E-state index contributed by atoms with van der Waals surface area (Å²) in [6.07, 6.45) is 1.76. The highest BCUT2D eigenvalue weighted by molar-refractivity contribution is 5.85. The molecule has 86 valence electrons. The van der Waals surface area contributed by atoms with Gasteiger partial charge in [-0.3, -0.25) is 0 Å². The maximum absolute atomic E-state index is 11.9. The molecule has 2 nitrogen and oxygen atoms in total. The molecule has 0 aliphatic heterocycles. The van der Waals surface area contributed by atoms with Gasteiger partial charge in [0.1, 0.15) is 11.6 Å². The molecule has 0 unspecified atom stereocenters. The summed E-state index contributed by atoms with van der Waals surface area (Å²) in [7, 11) is 1.85. The van der Waals surface area contributed by atoms with Gasteiger partial charge in [-0.15, -0.1) is 12.4 Å². The highest BCUT2D eigenvalue weighted by Gasteiger charge is 1.79. The quantitative estimate of drug-likeness (QED) is 0.827. The topological polar surface area (TPSA) is 24.9 Å². The van der Waals surface area contributed by atoms with Gasteiger partial charge in [0.15, 0.2) is 0 Å². The van der Waals surface area contributed by atoms with Crippen LogP contribution in [-0.4, -0.2) is 12.0 Å². The van der Waals surface area contributed by atoms with Crippen molar-refractivity contribution in [1.29, 1.82) is 0 Å². The van der Waals surface area contributed by atoms with Crippen LogP contribution in [0.4, 0.5) is 10.2 Å². The third kappa shape index (κ3) is 5.98. The molecule has 0 aliphatic carbocycles. The van der Waals surface area contributed by atoms with Gasteiger partial charge in [-0.25, -0.2) is 9.37 Å². The van der Waals surface area contributed by atoms with E-state index in [9.17, 15) is 4.39 Å². The number of nitrogens with zero attached hydrogens (tertiary/aromatic N) is 1. The van der Waals surface area contributed by atoms with Gasteiger partial charge >= 0.3 is 0 Å². The summed E-state index contributed by atoms with van der Waals surface area (Å²) < 4.78 is 11.9. The number of rotatable bonds is 1. The molecule has 0 fully saturated rings. The fourth-order valence-electron chi connectivity index (χ4n) is 0.925. The van der Waals surface area contributed by atoms with Crippen molar-refractivity contribution in [3.05, 3.63) is 60.5 Å². The van der Waals surface area contributed by atoms with E-state index in [0.717, 1.165) is 5.82 Å². The zero-order chi connectivity index (χ0) is 10.9. The maximum atomic E-state index is 11.9. The van der Waals surface area contributed by atoms with Crippen LogP contribution in [0.5, 0.6) is 0 Å². The Balaban J connectivity index is 0.000000267. The summed E-state index contributed by atoms with van der Waals surface area (Å²) >= 11 is 0. The molecule has 1 aromatic heterocycles. The zero-order valence-electron chi connectivity index (χ0n) is 8.93. The Hall–Kier alpha value is -1.61. The van der Waals surface area contributed by atoms with Crippen LogP contribution in [0.2, 0.25) is 0 Å². The average Bonchev–Trinajstić information content (AvgIpc) is 2.32. The fourth-order valence-corrected chi connectivity index (χ4v) is 0.925. The molecule has 1 aromatic carbocycles. The molecule has 0 aliphatic rings. The summed E-state index contributed by atoms with van der Waals surface area (Å²) in [5.41, 5.74) is 0. The predicted molar refractivity (Wildman–Crippen MR) is 67.4 cm³/mol. The van der Waals surface area contributed by atoms with E-state index >= 15 is 0 Å². The van der Waals surface area contributed by atoms with E-state index in [2.05, 4.69) is 10.3 Å². The Kier molecular flexibility index (Phi) is 7.81. The molecule has 2 aromatic rings. The monoisotopic (exact) mass is 240 g/mol. The molecule has 4 heteroatoms. The minimum absolute atomic E-state index is 0. The van der Waals surface area contributed by atoms with Gasteiger partial charge in [0.2, 0.25) is 0 Å². The third-order valence-corrected chi connectivity index (χ3v) is 1.65. The van der Waals surface area contributed by atoms with E-state index in [-0.39, 0.29) is 18.2 Å². The molecule has 2 rings (SSSR count). The van der Waals surface area contributed by atoms with Gasteiger partial charge in [0, 0.05) is 13.2 Å². The van der Waals surface area contributed by atoms with Crippen LogP contribution in [-0.2, 0) is 0 Å². The summed E-state index contributed by atoms with van der Waals surface area (Å²) in [5, 5.41) is 2.92. The lowest BCUT2D eigenvalue weighted by Crippen LogP contribution is -1.88. The number of aromatic nitrogens is 1. The zero-order valence-corrected chi connectivity index (χ0v) is 9.75. The van der Waals surface area contributed by atoms with Gasteiger partial charge < -0.3 is 5.32 Å². The summed E-state index contributed by atoms with van der Waals surface area (Å²) in [4.78, 5) is 3.99. The highest BCUT2D eigenvalue weighted by Crippen LogP contribution is 1.95. The Morgan fingerprint density at radius 2 is 1.62 bits per heavy atom. The number of halogens is 2. The van der Waals surface area contributed by atoms with E-state index in [0.29, 0.717) is 0 Å².